The first-order valence-electron chi connectivity index (χ1n) is 8.70. The van der Waals surface area contributed by atoms with Crippen molar-refractivity contribution in [1.82, 2.24) is 0 Å². The SMILES string of the molecule is CCCCC(CC)CCC(CC(C)C)OP(=O)(O)OCCN. The number of phosphoric ester groups is 1. The molecule has 0 aromatic carbocycles. The van der Waals surface area contributed by atoms with Gasteiger partial charge in [0.1, 0.15) is 0 Å². The van der Waals surface area contributed by atoms with Crippen LogP contribution in [0.3, 0.4) is 0 Å². The second-order valence-electron chi connectivity index (χ2n) is 6.44. The van der Waals surface area contributed by atoms with Crippen LogP contribution in [-0.4, -0.2) is 24.1 Å². The van der Waals surface area contributed by atoms with Crippen LogP contribution in [-0.2, 0) is 13.6 Å². The van der Waals surface area contributed by atoms with Gasteiger partial charge in [0.25, 0.3) is 0 Å². The first-order valence-corrected chi connectivity index (χ1v) is 10.2. The Balaban J connectivity index is 4.46. The number of phosphoric acid groups is 1. The van der Waals surface area contributed by atoms with Gasteiger partial charge in [-0.1, -0.05) is 53.4 Å². The molecule has 0 aliphatic heterocycles. The van der Waals surface area contributed by atoms with E-state index in [4.69, 9.17) is 14.8 Å². The number of hydrogen-bond acceptors (Lipinski definition) is 4. The lowest BCUT2D eigenvalue weighted by Crippen LogP contribution is -2.18. The molecule has 134 valence electrons. The summed E-state index contributed by atoms with van der Waals surface area (Å²) in [5, 5.41) is 0. The van der Waals surface area contributed by atoms with Gasteiger partial charge in [-0.2, -0.15) is 0 Å². The predicted molar refractivity (Wildman–Crippen MR) is 91.7 cm³/mol. The van der Waals surface area contributed by atoms with Crippen molar-refractivity contribution in [3.05, 3.63) is 0 Å². The average molecular weight is 337 g/mol. The van der Waals surface area contributed by atoms with E-state index in [9.17, 15) is 9.46 Å². The van der Waals surface area contributed by atoms with Crippen LogP contribution in [0.15, 0.2) is 0 Å². The molecule has 3 atom stereocenters. The Kier molecular flexibility index (Phi) is 12.5. The van der Waals surface area contributed by atoms with E-state index in [1.165, 1.54) is 19.3 Å². The largest absolute Gasteiger partial charge is 0.472 e. The summed E-state index contributed by atoms with van der Waals surface area (Å²) >= 11 is 0. The van der Waals surface area contributed by atoms with Crippen molar-refractivity contribution in [3.8, 4) is 0 Å². The lowest BCUT2D eigenvalue weighted by molar-refractivity contribution is 0.0840. The zero-order chi connectivity index (χ0) is 17.0. The van der Waals surface area contributed by atoms with Crippen LogP contribution in [0.1, 0.15) is 72.6 Å². The summed E-state index contributed by atoms with van der Waals surface area (Å²) in [4.78, 5) is 9.75. The van der Waals surface area contributed by atoms with Gasteiger partial charge in [-0.05, 0) is 31.1 Å². The van der Waals surface area contributed by atoms with E-state index in [0.717, 1.165) is 25.7 Å². The van der Waals surface area contributed by atoms with Gasteiger partial charge in [-0.3, -0.25) is 9.05 Å². The highest BCUT2D eigenvalue weighted by Crippen LogP contribution is 2.46. The van der Waals surface area contributed by atoms with Crippen molar-refractivity contribution in [3.63, 3.8) is 0 Å². The van der Waals surface area contributed by atoms with Crippen molar-refractivity contribution in [2.24, 2.45) is 17.6 Å². The van der Waals surface area contributed by atoms with Gasteiger partial charge in [0.05, 0.1) is 12.7 Å². The number of hydrogen-bond donors (Lipinski definition) is 2. The second-order valence-corrected chi connectivity index (χ2v) is 7.85. The Labute approximate surface area is 136 Å². The zero-order valence-electron chi connectivity index (χ0n) is 14.8. The molecule has 0 amide bonds. The Morgan fingerprint density at radius 2 is 1.86 bits per heavy atom. The maximum Gasteiger partial charge on any atom is 0.472 e. The van der Waals surface area contributed by atoms with Crippen molar-refractivity contribution in [2.45, 2.75) is 78.7 Å². The molecule has 0 saturated heterocycles. The molecule has 0 saturated carbocycles. The molecule has 22 heavy (non-hydrogen) atoms. The Hall–Kier alpha value is 0.0700. The molecular formula is C16H36NO4P. The van der Waals surface area contributed by atoms with E-state index >= 15 is 0 Å². The summed E-state index contributed by atoms with van der Waals surface area (Å²) in [6.45, 7) is 8.84. The average Bonchev–Trinajstić information content (AvgIpc) is 2.44. The third-order valence-electron chi connectivity index (χ3n) is 3.83. The minimum Gasteiger partial charge on any atom is -0.328 e. The van der Waals surface area contributed by atoms with Gasteiger partial charge in [-0.25, -0.2) is 4.57 Å². The van der Waals surface area contributed by atoms with Crippen LogP contribution in [0.2, 0.25) is 0 Å². The minimum atomic E-state index is -3.99. The topological polar surface area (TPSA) is 81.8 Å². The first-order chi connectivity index (χ1) is 10.3. The van der Waals surface area contributed by atoms with Crippen LogP contribution < -0.4 is 5.73 Å². The monoisotopic (exact) mass is 337 g/mol. The lowest BCUT2D eigenvalue weighted by Gasteiger charge is -2.24. The highest BCUT2D eigenvalue weighted by molar-refractivity contribution is 7.47. The third kappa shape index (κ3) is 11.6. The normalized spacial score (nSPS) is 17.4. The summed E-state index contributed by atoms with van der Waals surface area (Å²) in [5.74, 6) is 1.08. The molecule has 0 aromatic heterocycles. The molecule has 3 unspecified atom stereocenters. The quantitative estimate of drug-likeness (QED) is 0.456. The Bertz CT molecular complexity index is 313. The van der Waals surface area contributed by atoms with Crippen molar-refractivity contribution >= 4 is 7.82 Å². The zero-order valence-corrected chi connectivity index (χ0v) is 15.7. The third-order valence-corrected chi connectivity index (χ3v) is 4.90. The van der Waals surface area contributed by atoms with E-state index in [0.29, 0.717) is 11.8 Å². The van der Waals surface area contributed by atoms with Crippen LogP contribution in [0.25, 0.3) is 0 Å². The molecule has 3 N–H and O–H groups in total. The summed E-state index contributed by atoms with van der Waals surface area (Å²) in [6, 6.07) is 0. The lowest BCUT2D eigenvalue weighted by atomic mass is 9.91. The van der Waals surface area contributed by atoms with Crippen molar-refractivity contribution < 1.29 is 18.5 Å². The molecule has 0 fully saturated rings. The van der Waals surface area contributed by atoms with Gasteiger partial charge in [0.15, 0.2) is 0 Å². The molecule has 0 radical (unpaired) electrons. The molecule has 5 nitrogen and oxygen atoms in total. The highest BCUT2D eigenvalue weighted by atomic mass is 31.2. The van der Waals surface area contributed by atoms with Gasteiger partial charge < -0.3 is 10.6 Å². The Morgan fingerprint density at radius 1 is 1.18 bits per heavy atom. The standard InChI is InChI=1S/C16H36NO4P/c1-5-7-8-15(6-2)9-10-16(13-14(3)4)21-22(18,19)20-12-11-17/h14-16H,5-13,17H2,1-4H3,(H,18,19). The number of nitrogens with two attached hydrogens (primary N) is 1. The number of rotatable bonds is 14. The van der Waals surface area contributed by atoms with E-state index in [1.54, 1.807) is 0 Å². The molecule has 0 bridgehead atoms. The van der Waals surface area contributed by atoms with Gasteiger partial charge in [0.2, 0.25) is 0 Å². The first kappa shape index (κ1) is 22.1. The number of unbranched alkanes of at least 4 members (excludes halogenated alkanes) is 1. The maximum absolute atomic E-state index is 11.9. The minimum absolute atomic E-state index is 0.0380. The van der Waals surface area contributed by atoms with Crippen LogP contribution in [0.4, 0.5) is 0 Å². The smallest absolute Gasteiger partial charge is 0.328 e. The second kappa shape index (κ2) is 12.5. The van der Waals surface area contributed by atoms with E-state index in [1.807, 2.05) is 0 Å². The van der Waals surface area contributed by atoms with E-state index < -0.39 is 7.82 Å². The molecule has 6 heteroatoms. The van der Waals surface area contributed by atoms with Gasteiger partial charge in [-0.15, -0.1) is 0 Å². The van der Waals surface area contributed by atoms with Gasteiger partial charge >= 0.3 is 7.82 Å². The fraction of sp³-hybridized carbons (Fsp3) is 1.00. The van der Waals surface area contributed by atoms with E-state index in [2.05, 4.69) is 27.7 Å². The molecule has 0 rings (SSSR count). The van der Waals surface area contributed by atoms with Gasteiger partial charge in [0, 0.05) is 6.54 Å². The molecule has 0 heterocycles. The molecule has 0 spiro atoms. The predicted octanol–water partition coefficient (Wildman–Crippen LogP) is 4.49. The van der Waals surface area contributed by atoms with Crippen LogP contribution >= 0.6 is 7.82 Å². The highest BCUT2D eigenvalue weighted by Gasteiger charge is 2.27. The Morgan fingerprint density at radius 3 is 2.36 bits per heavy atom. The molecule has 0 aromatic rings. The van der Waals surface area contributed by atoms with E-state index in [-0.39, 0.29) is 19.3 Å². The molecule has 0 aliphatic rings. The molecule has 0 aliphatic carbocycles. The summed E-state index contributed by atoms with van der Waals surface area (Å²) in [6.07, 6.45) is 7.19. The molecular weight excluding hydrogens is 301 g/mol. The maximum atomic E-state index is 11.9. The fourth-order valence-electron chi connectivity index (χ4n) is 2.59. The van der Waals surface area contributed by atoms with Crippen molar-refractivity contribution in [1.29, 1.82) is 0 Å². The van der Waals surface area contributed by atoms with Crippen LogP contribution in [0, 0.1) is 11.8 Å². The van der Waals surface area contributed by atoms with Crippen molar-refractivity contribution in [2.75, 3.05) is 13.2 Å². The summed E-state index contributed by atoms with van der Waals surface area (Å²) in [7, 11) is -3.99. The van der Waals surface area contributed by atoms with Crippen LogP contribution in [0.5, 0.6) is 0 Å². The summed E-state index contributed by atoms with van der Waals surface area (Å²) in [5.41, 5.74) is 5.30. The summed E-state index contributed by atoms with van der Waals surface area (Å²) < 4.78 is 22.1. The fourth-order valence-corrected chi connectivity index (χ4v) is 3.56.